The third-order valence-corrected chi connectivity index (χ3v) is 7.01. The minimum atomic E-state index is -3.89. The Morgan fingerprint density at radius 3 is 2.55 bits per heavy atom. The third-order valence-electron chi connectivity index (χ3n) is 5.14. The molecule has 0 radical (unpaired) electrons. The number of amides is 1. The van der Waals surface area contributed by atoms with Gasteiger partial charge in [-0.05, 0) is 60.9 Å². The highest BCUT2D eigenvalue weighted by Gasteiger charge is 2.25. The minimum Gasteiger partial charge on any atom is -0.497 e. The topological polar surface area (TPSA) is 75.7 Å². The Bertz CT molecular complexity index is 1230. The number of methoxy groups -OCH3 is 1. The standard InChI is InChI=1S/C23H21ClN2O4S/c1-30-19-10-12-22(20(24)15-19)31(28,29)25-18-9-11-21-17(14-18)8-5-13-26(21)23(27)16-6-3-2-4-7-16/h2-4,6-7,9-12,14-15,25H,5,8,13H2,1H3. The first-order valence-electron chi connectivity index (χ1n) is 9.75. The second-order valence-electron chi connectivity index (χ2n) is 7.17. The van der Waals surface area contributed by atoms with Crippen LogP contribution in [-0.4, -0.2) is 28.0 Å². The van der Waals surface area contributed by atoms with E-state index in [4.69, 9.17) is 16.3 Å². The van der Waals surface area contributed by atoms with Crippen molar-refractivity contribution in [3.63, 3.8) is 0 Å². The van der Waals surface area contributed by atoms with Gasteiger partial charge in [0.05, 0.1) is 12.1 Å². The number of nitrogens with one attached hydrogen (secondary N) is 1. The monoisotopic (exact) mass is 456 g/mol. The lowest BCUT2D eigenvalue weighted by Crippen LogP contribution is -2.35. The molecule has 160 valence electrons. The molecule has 1 amide bonds. The maximum atomic E-state index is 12.9. The molecule has 0 saturated heterocycles. The number of ether oxygens (including phenoxy) is 1. The first kappa shape index (κ1) is 21.2. The molecule has 8 heteroatoms. The summed E-state index contributed by atoms with van der Waals surface area (Å²) >= 11 is 6.14. The van der Waals surface area contributed by atoms with Gasteiger partial charge in [-0.3, -0.25) is 9.52 Å². The van der Waals surface area contributed by atoms with Crippen LogP contribution >= 0.6 is 11.6 Å². The molecule has 0 saturated carbocycles. The molecular weight excluding hydrogens is 436 g/mol. The smallest absolute Gasteiger partial charge is 0.263 e. The number of hydrogen-bond acceptors (Lipinski definition) is 4. The van der Waals surface area contributed by atoms with Gasteiger partial charge >= 0.3 is 0 Å². The normalized spacial score (nSPS) is 13.4. The van der Waals surface area contributed by atoms with Crippen LogP contribution < -0.4 is 14.4 Å². The van der Waals surface area contributed by atoms with Crippen LogP contribution in [0.5, 0.6) is 5.75 Å². The molecule has 0 fully saturated rings. The molecule has 3 aromatic rings. The highest BCUT2D eigenvalue weighted by Crippen LogP contribution is 2.33. The number of sulfonamides is 1. The van der Waals surface area contributed by atoms with Crippen LogP contribution in [0.3, 0.4) is 0 Å². The van der Waals surface area contributed by atoms with Crippen molar-refractivity contribution in [3.8, 4) is 5.75 Å². The molecule has 1 N–H and O–H groups in total. The van der Waals surface area contributed by atoms with Crippen molar-refractivity contribution in [2.45, 2.75) is 17.7 Å². The van der Waals surface area contributed by atoms with Crippen molar-refractivity contribution < 1.29 is 17.9 Å². The van der Waals surface area contributed by atoms with E-state index in [2.05, 4.69) is 4.72 Å². The number of carbonyl (C=O) groups excluding carboxylic acids is 1. The van der Waals surface area contributed by atoms with E-state index in [0.29, 0.717) is 23.5 Å². The molecule has 0 aliphatic carbocycles. The van der Waals surface area contributed by atoms with Crippen LogP contribution in [0.1, 0.15) is 22.3 Å². The highest BCUT2D eigenvalue weighted by atomic mass is 35.5. The summed E-state index contributed by atoms with van der Waals surface area (Å²) in [5.74, 6) is 0.404. The lowest BCUT2D eigenvalue weighted by molar-refractivity contribution is 0.0985. The average Bonchev–Trinajstić information content (AvgIpc) is 2.78. The van der Waals surface area contributed by atoms with Gasteiger partial charge in [0, 0.05) is 29.5 Å². The summed E-state index contributed by atoms with van der Waals surface area (Å²) in [6.07, 6.45) is 1.55. The SMILES string of the molecule is COc1ccc(S(=O)(=O)Nc2ccc3c(c2)CCCN3C(=O)c2ccccc2)c(Cl)c1. The van der Waals surface area contributed by atoms with Crippen molar-refractivity contribution in [1.82, 2.24) is 0 Å². The first-order chi connectivity index (χ1) is 14.9. The van der Waals surface area contributed by atoms with E-state index < -0.39 is 10.0 Å². The summed E-state index contributed by atoms with van der Waals surface area (Å²) in [5, 5.41) is 0.0736. The third kappa shape index (κ3) is 4.38. The van der Waals surface area contributed by atoms with E-state index >= 15 is 0 Å². The van der Waals surface area contributed by atoms with Crippen LogP contribution in [0.4, 0.5) is 11.4 Å². The van der Waals surface area contributed by atoms with Crippen molar-refractivity contribution in [2.24, 2.45) is 0 Å². The van der Waals surface area contributed by atoms with Crippen LogP contribution in [0.25, 0.3) is 0 Å². The highest BCUT2D eigenvalue weighted by molar-refractivity contribution is 7.92. The van der Waals surface area contributed by atoms with Gasteiger partial charge in [-0.2, -0.15) is 0 Å². The molecule has 31 heavy (non-hydrogen) atoms. The molecule has 0 spiro atoms. The fraction of sp³-hybridized carbons (Fsp3) is 0.174. The zero-order valence-corrected chi connectivity index (χ0v) is 18.4. The molecule has 6 nitrogen and oxygen atoms in total. The number of nitrogens with zero attached hydrogens (tertiary/aromatic N) is 1. The number of benzene rings is 3. The van der Waals surface area contributed by atoms with Crippen LogP contribution in [0, 0.1) is 0 Å². The Balaban J connectivity index is 1.60. The second kappa shape index (κ2) is 8.61. The summed E-state index contributed by atoms with van der Waals surface area (Å²) in [7, 11) is -2.40. The van der Waals surface area contributed by atoms with Gasteiger partial charge in [-0.15, -0.1) is 0 Å². The predicted molar refractivity (Wildman–Crippen MR) is 122 cm³/mol. The number of rotatable bonds is 5. The van der Waals surface area contributed by atoms with Gasteiger partial charge in [-0.1, -0.05) is 29.8 Å². The quantitative estimate of drug-likeness (QED) is 0.601. The van der Waals surface area contributed by atoms with Gasteiger partial charge in [0.1, 0.15) is 10.6 Å². The maximum absolute atomic E-state index is 12.9. The number of halogens is 1. The molecule has 0 aromatic heterocycles. The van der Waals surface area contributed by atoms with Gasteiger partial charge in [0.2, 0.25) is 0 Å². The molecule has 0 bridgehead atoms. The molecule has 3 aromatic carbocycles. The van der Waals surface area contributed by atoms with Crippen LogP contribution in [0.2, 0.25) is 5.02 Å². The van der Waals surface area contributed by atoms with E-state index in [1.807, 2.05) is 18.2 Å². The van der Waals surface area contributed by atoms with Crippen LogP contribution in [0.15, 0.2) is 71.6 Å². The first-order valence-corrected chi connectivity index (χ1v) is 11.6. The van der Waals surface area contributed by atoms with Crippen LogP contribution in [-0.2, 0) is 16.4 Å². The van der Waals surface area contributed by atoms with Crippen molar-refractivity contribution >= 4 is 38.9 Å². The second-order valence-corrected chi connectivity index (χ2v) is 9.23. The van der Waals surface area contributed by atoms with Crippen molar-refractivity contribution in [1.29, 1.82) is 0 Å². The molecule has 4 rings (SSSR count). The summed E-state index contributed by atoms with van der Waals surface area (Å²) in [6.45, 7) is 0.618. The van der Waals surface area contributed by atoms with Gasteiger partial charge < -0.3 is 9.64 Å². The number of aryl methyl sites for hydroxylation is 1. The fourth-order valence-electron chi connectivity index (χ4n) is 3.64. The Morgan fingerprint density at radius 2 is 1.84 bits per heavy atom. The Hall–Kier alpha value is -3.03. The predicted octanol–water partition coefficient (Wildman–Crippen LogP) is 4.74. The molecule has 0 atom stereocenters. The summed E-state index contributed by atoms with van der Waals surface area (Å²) in [4.78, 5) is 14.6. The van der Waals surface area contributed by atoms with Gasteiger partial charge in [-0.25, -0.2) is 8.42 Å². The van der Waals surface area contributed by atoms with E-state index in [-0.39, 0.29) is 15.8 Å². The number of carbonyl (C=O) groups is 1. The number of fused-ring (bicyclic) bond motifs is 1. The maximum Gasteiger partial charge on any atom is 0.263 e. The van der Waals surface area contributed by atoms with Crippen molar-refractivity contribution in [3.05, 3.63) is 82.9 Å². The number of anilines is 2. The van der Waals surface area contributed by atoms with E-state index in [1.165, 1.54) is 19.2 Å². The van der Waals surface area contributed by atoms with Crippen molar-refractivity contribution in [2.75, 3.05) is 23.3 Å². The Labute approximate surface area is 186 Å². The van der Waals surface area contributed by atoms with Gasteiger partial charge in [0.25, 0.3) is 15.9 Å². The Morgan fingerprint density at radius 1 is 1.06 bits per heavy atom. The lowest BCUT2D eigenvalue weighted by atomic mass is 10.00. The van der Waals surface area contributed by atoms with E-state index in [0.717, 1.165) is 24.1 Å². The summed E-state index contributed by atoms with van der Waals surface area (Å²) in [6, 6.07) is 18.7. The summed E-state index contributed by atoms with van der Waals surface area (Å²) in [5.41, 5.74) is 2.75. The fourth-order valence-corrected chi connectivity index (χ4v) is 5.23. The molecule has 1 aliphatic heterocycles. The zero-order valence-electron chi connectivity index (χ0n) is 16.8. The molecule has 1 heterocycles. The number of hydrogen-bond donors (Lipinski definition) is 1. The lowest BCUT2D eigenvalue weighted by Gasteiger charge is -2.30. The average molecular weight is 457 g/mol. The largest absolute Gasteiger partial charge is 0.497 e. The van der Waals surface area contributed by atoms with E-state index in [9.17, 15) is 13.2 Å². The zero-order chi connectivity index (χ0) is 22.0. The minimum absolute atomic E-state index is 0.0337. The molecular formula is C23H21ClN2O4S. The summed E-state index contributed by atoms with van der Waals surface area (Å²) < 4.78 is 33.3. The molecule has 0 unspecified atom stereocenters. The van der Waals surface area contributed by atoms with Gasteiger partial charge in [0.15, 0.2) is 0 Å². The van der Waals surface area contributed by atoms with E-state index in [1.54, 1.807) is 41.3 Å². The molecule has 1 aliphatic rings. The Kier molecular flexibility index (Phi) is 5.89.